The molecule has 0 saturated heterocycles. The Morgan fingerprint density at radius 1 is 1.00 bits per heavy atom. The molecule has 0 aliphatic rings. The zero-order valence-corrected chi connectivity index (χ0v) is 15.2. The first-order valence-corrected chi connectivity index (χ1v) is 8.15. The lowest BCUT2D eigenvalue weighted by Gasteiger charge is -2.12. The van der Waals surface area contributed by atoms with Gasteiger partial charge in [-0.3, -0.25) is 9.59 Å². The lowest BCUT2D eigenvalue weighted by atomic mass is 10.1. The van der Waals surface area contributed by atoms with E-state index in [-0.39, 0.29) is 29.8 Å². The summed E-state index contributed by atoms with van der Waals surface area (Å²) in [5.41, 5.74) is -0.00823. The minimum Gasteiger partial charge on any atom is -0.497 e. The number of nitrogens with one attached hydrogen (secondary N) is 2. The third-order valence-corrected chi connectivity index (χ3v) is 3.72. The maximum Gasteiger partial charge on any atom is 0.340 e. The van der Waals surface area contributed by atoms with Gasteiger partial charge in [0.05, 0.1) is 31.0 Å². The molecule has 0 saturated carbocycles. The molecule has 0 spiro atoms. The van der Waals surface area contributed by atoms with Gasteiger partial charge in [-0.05, 0) is 30.3 Å². The van der Waals surface area contributed by atoms with Gasteiger partial charge in [0, 0.05) is 19.0 Å². The molecule has 28 heavy (non-hydrogen) atoms. The topological polar surface area (TPSA) is 93.7 Å². The number of methoxy groups -OCH3 is 2. The summed E-state index contributed by atoms with van der Waals surface area (Å²) in [4.78, 5) is 35.8. The Labute approximate surface area is 159 Å². The Balaban J connectivity index is 1.95. The lowest BCUT2D eigenvalue weighted by molar-refractivity contribution is -0.116. The molecule has 2 rings (SSSR count). The Kier molecular flexibility index (Phi) is 7.02. The molecule has 2 aromatic rings. The van der Waals surface area contributed by atoms with Crippen molar-refractivity contribution >= 4 is 23.5 Å². The van der Waals surface area contributed by atoms with Gasteiger partial charge in [-0.2, -0.15) is 0 Å². The highest BCUT2D eigenvalue weighted by Gasteiger charge is 2.16. The molecule has 2 N–H and O–H groups in total. The molecule has 0 atom stereocenters. The van der Waals surface area contributed by atoms with Crippen molar-refractivity contribution in [2.24, 2.45) is 0 Å². The largest absolute Gasteiger partial charge is 0.497 e. The molecular formula is C19H18F2N2O5. The fourth-order valence-corrected chi connectivity index (χ4v) is 2.31. The van der Waals surface area contributed by atoms with Gasteiger partial charge in [0.1, 0.15) is 17.4 Å². The minimum atomic E-state index is -0.997. The molecule has 0 bridgehead atoms. The Morgan fingerprint density at radius 3 is 2.39 bits per heavy atom. The van der Waals surface area contributed by atoms with Gasteiger partial charge >= 0.3 is 5.97 Å². The number of carbonyl (C=O) groups is 3. The van der Waals surface area contributed by atoms with E-state index in [4.69, 9.17) is 4.74 Å². The Bertz CT molecular complexity index is 902. The summed E-state index contributed by atoms with van der Waals surface area (Å²) in [6.45, 7) is -0.0921. The molecule has 7 nitrogen and oxygen atoms in total. The van der Waals surface area contributed by atoms with E-state index in [0.717, 1.165) is 12.1 Å². The predicted octanol–water partition coefficient (Wildman–Crippen LogP) is 2.52. The zero-order chi connectivity index (χ0) is 20.7. The second kappa shape index (κ2) is 9.45. The molecule has 0 aliphatic carbocycles. The fraction of sp³-hybridized carbons (Fsp3) is 0.211. The third-order valence-electron chi connectivity index (χ3n) is 3.72. The smallest absolute Gasteiger partial charge is 0.340 e. The summed E-state index contributed by atoms with van der Waals surface area (Å²) in [6.07, 6.45) is -0.138. The van der Waals surface area contributed by atoms with Crippen LogP contribution in [-0.4, -0.2) is 38.5 Å². The second-order valence-corrected chi connectivity index (χ2v) is 5.58. The highest BCUT2D eigenvalue weighted by Crippen LogP contribution is 2.23. The number of hydrogen-bond donors (Lipinski definition) is 2. The molecule has 148 valence electrons. The van der Waals surface area contributed by atoms with Crippen LogP contribution in [0.25, 0.3) is 0 Å². The van der Waals surface area contributed by atoms with E-state index in [2.05, 4.69) is 15.4 Å². The SMILES string of the molecule is COC(=O)c1cc(OC)ccc1NC(=O)CCNC(=O)c1ccc(F)cc1F. The molecular weight excluding hydrogens is 374 g/mol. The first-order valence-electron chi connectivity index (χ1n) is 8.15. The van der Waals surface area contributed by atoms with Crippen LogP contribution >= 0.6 is 0 Å². The van der Waals surface area contributed by atoms with Crippen LogP contribution in [0, 0.1) is 11.6 Å². The van der Waals surface area contributed by atoms with Crippen molar-refractivity contribution in [1.82, 2.24) is 5.32 Å². The monoisotopic (exact) mass is 392 g/mol. The van der Waals surface area contributed by atoms with E-state index in [9.17, 15) is 23.2 Å². The van der Waals surface area contributed by atoms with Crippen LogP contribution in [0.3, 0.4) is 0 Å². The predicted molar refractivity (Wildman–Crippen MR) is 96.3 cm³/mol. The van der Waals surface area contributed by atoms with Crippen molar-refractivity contribution in [2.45, 2.75) is 6.42 Å². The highest BCUT2D eigenvalue weighted by atomic mass is 19.1. The van der Waals surface area contributed by atoms with E-state index in [0.29, 0.717) is 11.8 Å². The molecule has 2 aromatic carbocycles. The molecule has 0 radical (unpaired) electrons. The third kappa shape index (κ3) is 5.26. The summed E-state index contributed by atoms with van der Waals surface area (Å²) in [5.74, 6) is -3.31. The van der Waals surface area contributed by atoms with E-state index in [1.165, 1.54) is 26.4 Å². The van der Waals surface area contributed by atoms with E-state index in [1.54, 1.807) is 6.07 Å². The van der Waals surface area contributed by atoms with Gasteiger partial charge in [-0.1, -0.05) is 0 Å². The fourth-order valence-electron chi connectivity index (χ4n) is 2.31. The number of amides is 2. The van der Waals surface area contributed by atoms with Crippen LogP contribution in [0.4, 0.5) is 14.5 Å². The van der Waals surface area contributed by atoms with Crippen molar-refractivity contribution in [3.63, 3.8) is 0 Å². The summed E-state index contributed by atoms with van der Waals surface area (Å²) in [5, 5.41) is 4.91. The van der Waals surface area contributed by atoms with Crippen molar-refractivity contribution in [2.75, 3.05) is 26.1 Å². The normalized spacial score (nSPS) is 10.1. The number of carbonyl (C=O) groups excluding carboxylic acids is 3. The Morgan fingerprint density at radius 2 is 1.75 bits per heavy atom. The van der Waals surface area contributed by atoms with E-state index < -0.39 is 29.4 Å². The van der Waals surface area contributed by atoms with Gasteiger partial charge in [0.25, 0.3) is 5.91 Å². The zero-order valence-electron chi connectivity index (χ0n) is 15.2. The molecule has 0 aromatic heterocycles. The van der Waals surface area contributed by atoms with Crippen molar-refractivity contribution in [3.05, 3.63) is 59.2 Å². The van der Waals surface area contributed by atoms with Crippen molar-refractivity contribution in [3.8, 4) is 5.75 Å². The summed E-state index contributed by atoms with van der Waals surface area (Å²) < 4.78 is 36.1. The molecule has 2 amide bonds. The number of esters is 1. The minimum absolute atomic E-state index is 0.0921. The number of rotatable bonds is 7. The summed E-state index contributed by atoms with van der Waals surface area (Å²) in [7, 11) is 2.64. The maximum atomic E-state index is 13.6. The number of anilines is 1. The standard InChI is InChI=1S/C19H18F2N2O5/c1-27-12-4-6-16(14(10-12)19(26)28-2)23-17(24)7-8-22-18(25)13-5-3-11(20)9-15(13)21/h3-6,9-10H,7-8H2,1-2H3,(H,22,25)(H,23,24). The van der Waals surface area contributed by atoms with Crippen LogP contribution in [0.5, 0.6) is 5.75 Å². The molecule has 0 heterocycles. The van der Waals surface area contributed by atoms with E-state index >= 15 is 0 Å². The van der Waals surface area contributed by atoms with Crippen LogP contribution in [0.2, 0.25) is 0 Å². The van der Waals surface area contributed by atoms with Gasteiger partial charge in [-0.25, -0.2) is 13.6 Å². The number of benzene rings is 2. The van der Waals surface area contributed by atoms with Crippen LogP contribution in [-0.2, 0) is 9.53 Å². The van der Waals surface area contributed by atoms with Crippen LogP contribution in [0.1, 0.15) is 27.1 Å². The van der Waals surface area contributed by atoms with Gasteiger partial charge in [0.15, 0.2) is 0 Å². The maximum absolute atomic E-state index is 13.6. The average Bonchev–Trinajstić information content (AvgIpc) is 2.67. The summed E-state index contributed by atoms with van der Waals surface area (Å²) in [6, 6.07) is 7.03. The number of ether oxygens (including phenoxy) is 2. The van der Waals surface area contributed by atoms with Gasteiger partial charge in [0.2, 0.25) is 5.91 Å². The summed E-state index contributed by atoms with van der Waals surface area (Å²) >= 11 is 0. The molecule has 0 aliphatic heterocycles. The van der Waals surface area contributed by atoms with Gasteiger partial charge in [-0.15, -0.1) is 0 Å². The van der Waals surface area contributed by atoms with Gasteiger partial charge < -0.3 is 20.1 Å². The van der Waals surface area contributed by atoms with Crippen molar-refractivity contribution in [1.29, 1.82) is 0 Å². The molecule has 9 heteroatoms. The van der Waals surface area contributed by atoms with Crippen LogP contribution < -0.4 is 15.4 Å². The first-order chi connectivity index (χ1) is 13.3. The van der Waals surface area contributed by atoms with E-state index in [1.807, 2.05) is 0 Å². The quantitative estimate of drug-likeness (QED) is 0.707. The number of halogens is 2. The highest BCUT2D eigenvalue weighted by molar-refractivity contribution is 6.02. The average molecular weight is 392 g/mol. The molecule has 0 unspecified atom stereocenters. The lowest BCUT2D eigenvalue weighted by Crippen LogP contribution is -2.28. The number of hydrogen-bond acceptors (Lipinski definition) is 5. The van der Waals surface area contributed by atoms with Crippen molar-refractivity contribution < 1.29 is 32.6 Å². The second-order valence-electron chi connectivity index (χ2n) is 5.58. The first kappa shape index (κ1) is 20.8. The van der Waals surface area contributed by atoms with Crippen LogP contribution in [0.15, 0.2) is 36.4 Å². The Hall–Kier alpha value is -3.49. The molecule has 0 fully saturated rings.